The van der Waals surface area contributed by atoms with Gasteiger partial charge in [0.25, 0.3) is 0 Å². The molecular weight excluding hydrogens is 318 g/mol. The van der Waals surface area contributed by atoms with E-state index >= 15 is 0 Å². The first kappa shape index (κ1) is 16.7. The van der Waals surface area contributed by atoms with Gasteiger partial charge in [-0.25, -0.2) is 0 Å². The van der Waals surface area contributed by atoms with Crippen molar-refractivity contribution in [3.05, 3.63) is 89.2 Å². The zero-order valence-electron chi connectivity index (χ0n) is 15.7. The van der Waals surface area contributed by atoms with Crippen molar-refractivity contribution in [2.75, 3.05) is 18.0 Å². The second-order valence-electron chi connectivity index (χ2n) is 6.86. The Morgan fingerprint density at radius 1 is 1.00 bits per heavy atom. The minimum atomic E-state index is 0.387. The van der Waals surface area contributed by atoms with Crippen LogP contribution in [0.25, 0.3) is 5.57 Å². The van der Waals surface area contributed by atoms with E-state index in [-0.39, 0.29) is 0 Å². The first-order chi connectivity index (χ1) is 12.7. The molecule has 0 N–H and O–H groups in total. The largest absolute Gasteiger partial charge is 0.456 e. The van der Waals surface area contributed by atoms with Crippen LogP contribution in [0, 0.1) is 5.92 Å². The highest BCUT2D eigenvalue weighted by atomic mass is 16.5. The maximum Gasteiger partial charge on any atom is 0.137 e. The SMILES string of the molecule is CCN(CC)c1ccc2c(c1)OC1=CC(C)C=CC1=C2c1ccccc1. The number of nitrogens with zero attached hydrogens (tertiary/aromatic N) is 1. The van der Waals surface area contributed by atoms with Gasteiger partial charge >= 0.3 is 0 Å². The van der Waals surface area contributed by atoms with Gasteiger partial charge in [-0.2, -0.15) is 0 Å². The fraction of sp³-hybridized carbons (Fsp3) is 0.250. The van der Waals surface area contributed by atoms with E-state index in [9.17, 15) is 0 Å². The molecule has 0 saturated carbocycles. The van der Waals surface area contributed by atoms with Gasteiger partial charge in [0.05, 0.1) is 0 Å². The Morgan fingerprint density at radius 2 is 1.77 bits per heavy atom. The third kappa shape index (κ3) is 2.86. The summed E-state index contributed by atoms with van der Waals surface area (Å²) >= 11 is 0. The van der Waals surface area contributed by atoms with Gasteiger partial charge in [0.1, 0.15) is 11.5 Å². The van der Waals surface area contributed by atoms with Crippen molar-refractivity contribution in [2.45, 2.75) is 20.8 Å². The minimum Gasteiger partial charge on any atom is -0.456 e. The van der Waals surface area contributed by atoms with Gasteiger partial charge in [-0.15, -0.1) is 0 Å². The van der Waals surface area contributed by atoms with E-state index in [1.807, 2.05) is 0 Å². The molecule has 4 rings (SSSR count). The maximum atomic E-state index is 6.36. The van der Waals surface area contributed by atoms with Crippen LogP contribution < -0.4 is 9.64 Å². The summed E-state index contributed by atoms with van der Waals surface area (Å²) in [6.07, 6.45) is 6.66. The number of ether oxygens (including phenoxy) is 1. The van der Waals surface area contributed by atoms with Crippen molar-refractivity contribution in [3.63, 3.8) is 0 Å². The molecule has 1 aliphatic heterocycles. The van der Waals surface area contributed by atoms with Crippen molar-refractivity contribution >= 4 is 11.3 Å². The van der Waals surface area contributed by atoms with Gasteiger partial charge in [-0.1, -0.05) is 49.4 Å². The molecule has 0 fully saturated rings. The summed E-state index contributed by atoms with van der Waals surface area (Å²) in [5.41, 5.74) is 6.04. The fourth-order valence-electron chi connectivity index (χ4n) is 3.78. The molecule has 0 radical (unpaired) electrons. The highest BCUT2D eigenvalue weighted by molar-refractivity contribution is 5.91. The van der Waals surface area contributed by atoms with Crippen LogP contribution in [0.3, 0.4) is 0 Å². The Labute approximate surface area is 156 Å². The van der Waals surface area contributed by atoms with Gasteiger partial charge in [0.15, 0.2) is 0 Å². The molecule has 2 aromatic carbocycles. The fourth-order valence-corrected chi connectivity index (χ4v) is 3.78. The lowest BCUT2D eigenvalue weighted by atomic mass is 9.86. The Hall–Kier alpha value is -2.74. The molecule has 2 aliphatic rings. The van der Waals surface area contributed by atoms with Crippen LogP contribution in [0.4, 0.5) is 5.69 Å². The minimum absolute atomic E-state index is 0.387. The molecule has 0 spiro atoms. The summed E-state index contributed by atoms with van der Waals surface area (Å²) in [6.45, 7) is 8.54. The Morgan fingerprint density at radius 3 is 2.50 bits per heavy atom. The van der Waals surface area contributed by atoms with Crippen LogP contribution in [-0.2, 0) is 0 Å². The van der Waals surface area contributed by atoms with Crippen molar-refractivity contribution in [1.29, 1.82) is 0 Å². The molecule has 1 unspecified atom stereocenters. The molecule has 0 bridgehead atoms. The van der Waals surface area contributed by atoms with Crippen molar-refractivity contribution in [3.8, 4) is 5.75 Å². The first-order valence-corrected chi connectivity index (χ1v) is 9.48. The lowest BCUT2D eigenvalue weighted by molar-refractivity contribution is 0.426. The van der Waals surface area contributed by atoms with Crippen LogP contribution in [-0.4, -0.2) is 13.1 Å². The second-order valence-corrected chi connectivity index (χ2v) is 6.86. The number of hydrogen-bond acceptors (Lipinski definition) is 2. The molecule has 26 heavy (non-hydrogen) atoms. The lowest BCUT2D eigenvalue weighted by Crippen LogP contribution is -2.22. The summed E-state index contributed by atoms with van der Waals surface area (Å²) in [4.78, 5) is 2.35. The van der Waals surface area contributed by atoms with Crippen molar-refractivity contribution in [2.24, 2.45) is 5.92 Å². The molecule has 132 valence electrons. The van der Waals surface area contributed by atoms with Gasteiger partial charge in [-0.3, -0.25) is 0 Å². The quantitative estimate of drug-likeness (QED) is 0.694. The molecule has 2 nitrogen and oxygen atoms in total. The van der Waals surface area contributed by atoms with Crippen molar-refractivity contribution < 1.29 is 4.74 Å². The average Bonchev–Trinajstić information content (AvgIpc) is 2.67. The smallest absolute Gasteiger partial charge is 0.137 e. The van der Waals surface area contributed by atoms with Gasteiger partial charge in [0.2, 0.25) is 0 Å². The molecule has 1 aliphatic carbocycles. The molecule has 2 heteroatoms. The highest BCUT2D eigenvalue weighted by Gasteiger charge is 2.26. The zero-order chi connectivity index (χ0) is 18.1. The summed E-state index contributed by atoms with van der Waals surface area (Å²) in [5, 5.41) is 0. The Kier molecular flexibility index (Phi) is 4.42. The number of allylic oxidation sites excluding steroid dienone is 3. The van der Waals surface area contributed by atoms with E-state index in [2.05, 4.69) is 92.4 Å². The van der Waals surface area contributed by atoms with E-state index in [1.165, 1.54) is 28.0 Å². The van der Waals surface area contributed by atoms with Crippen LogP contribution >= 0.6 is 0 Å². The first-order valence-electron chi connectivity index (χ1n) is 9.48. The van der Waals surface area contributed by atoms with Crippen LogP contribution in [0.1, 0.15) is 31.9 Å². The van der Waals surface area contributed by atoms with Crippen LogP contribution in [0.5, 0.6) is 5.75 Å². The summed E-state index contributed by atoms with van der Waals surface area (Å²) < 4.78 is 6.36. The van der Waals surface area contributed by atoms with E-state index in [4.69, 9.17) is 4.74 Å². The zero-order valence-corrected chi connectivity index (χ0v) is 15.7. The Bertz CT molecular complexity index is 901. The lowest BCUT2D eigenvalue weighted by Gasteiger charge is -2.29. The number of fused-ring (bicyclic) bond motifs is 2. The molecule has 0 saturated heterocycles. The monoisotopic (exact) mass is 343 g/mol. The van der Waals surface area contributed by atoms with Gasteiger partial charge < -0.3 is 9.64 Å². The number of benzene rings is 2. The van der Waals surface area contributed by atoms with E-state index in [0.717, 1.165) is 24.6 Å². The molecule has 1 atom stereocenters. The van der Waals surface area contributed by atoms with Crippen LogP contribution in [0.15, 0.2) is 78.1 Å². The maximum absolute atomic E-state index is 6.36. The highest BCUT2D eigenvalue weighted by Crippen LogP contribution is 2.44. The van der Waals surface area contributed by atoms with E-state index < -0.39 is 0 Å². The van der Waals surface area contributed by atoms with Gasteiger partial charge in [-0.05, 0) is 43.5 Å². The third-order valence-corrected chi connectivity index (χ3v) is 5.16. The third-order valence-electron chi connectivity index (χ3n) is 5.16. The number of rotatable bonds is 4. The summed E-state index contributed by atoms with van der Waals surface area (Å²) in [6, 6.07) is 17.2. The van der Waals surface area contributed by atoms with Gasteiger partial charge in [0, 0.05) is 41.6 Å². The number of anilines is 1. The van der Waals surface area contributed by atoms with Crippen molar-refractivity contribution in [1.82, 2.24) is 0 Å². The topological polar surface area (TPSA) is 12.5 Å². The average molecular weight is 343 g/mol. The molecular formula is C24H25NO. The summed E-state index contributed by atoms with van der Waals surface area (Å²) in [5.74, 6) is 2.31. The second kappa shape index (κ2) is 6.87. The van der Waals surface area contributed by atoms with E-state index in [1.54, 1.807) is 0 Å². The predicted octanol–water partition coefficient (Wildman–Crippen LogP) is 5.82. The molecule has 1 heterocycles. The normalized spacial score (nSPS) is 18.0. The standard InChI is InChI=1S/C24H25NO/c1-4-25(5-2)19-12-14-21-23(16-19)26-22-15-17(3)11-13-20(22)24(21)18-9-7-6-8-10-18/h6-17H,4-5H2,1-3H3. The summed E-state index contributed by atoms with van der Waals surface area (Å²) in [7, 11) is 0. The van der Waals surface area contributed by atoms with E-state index in [0.29, 0.717) is 5.92 Å². The molecule has 2 aromatic rings. The molecule has 0 aromatic heterocycles. The van der Waals surface area contributed by atoms with Crippen LogP contribution in [0.2, 0.25) is 0 Å². The molecule has 0 amide bonds. The Balaban J connectivity index is 1.91. The predicted molar refractivity (Wildman–Crippen MR) is 109 cm³/mol. The number of hydrogen-bond donors (Lipinski definition) is 0.